The molecule has 0 saturated carbocycles. The van der Waals surface area contributed by atoms with Gasteiger partial charge in [-0.3, -0.25) is 0 Å². The van der Waals surface area contributed by atoms with Gasteiger partial charge in [0, 0.05) is 0 Å². The predicted octanol–water partition coefficient (Wildman–Crippen LogP) is 0.432. The van der Waals surface area contributed by atoms with Gasteiger partial charge in [-0.25, -0.2) is 9.59 Å². The summed E-state index contributed by atoms with van der Waals surface area (Å²) >= 11 is 0. The lowest BCUT2D eigenvalue weighted by atomic mass is 10.2. The maximum absolute atomic E-state index is 11.7. The number of esters is 2. The van der Waals surface area contributed by atoms with Gasteiger partial charge in [-0.05, 0) is 20.8 Å². The van der Waals surface area contributed by atoms with Crippen molar-refractivity contribution in [2.75, 3.05) is 13.2 Å². The van der Waals surface area contributed by atoms with Crippen molar-refractivity contribution in [2.24, 2.45) is 0 Å². The van der Waals surface area contributed by atoms with Crippen LogP contribution in [0.5, 0.6) is 0 Å². The van der Waals surface area contributed by atoms with Crippen LogP contribution in [0.25, 0.3) is 0 Å². The fourth-order valence-corrected chi connectivity index (χ4v) is 1.44. The molecule has 0 aromatic rings. The van der Waals surface area contributed by atoms with Gasteiger partial charge in [-0.1, -0.05) is 6.58 Å². The van der Waals surface area contributed by atoms with Gasteiger partial charge in [-0.2, -0.15) is 0 Å². The van der Waals surface area contributed by atoms with E-state index in [1.165, 1.54) is 0 Å². The average Bonchev–Trinajstić information content (AvgIpc) is 2.72. The number of carbonyl (C=O) groups excluding carboxylic acids is 2. The first-order valence-electron chi connectivity index (χ1n) is 5.95. The molecule has 1 fully saturated rings. The third kappa shape index (κ3) is 4.25. The van der Waals surface area contributed by atoms with E-state index in [9.17, 15) is 9.59 Å². The predicted molar refractivity (Wildman–Crippen MR) is 64.7 cm³/mol. The highest BCUT2D eigenvalue weighted by atomic mass is 16.8. The molecule has 1 aliphatic heterocycles. The zero-order valence-electron chi connectivity index (χ0n) is 11.2. The monoisotopic (exact) mass is 272 g/mol. The molecule has 0 spiro atoms. The Hall–Kier alpha value is -1.54. The molecule has 19 heavy (non-hydrogen) atoms. The summed E-state index contributed by atoms with van der Waals surface area (Å²) in [5.74, 6) is -1.07. The highest BCUT2D eigenvalue weighted by molar-refractivity contribution is 6.38. The van der Waals surface area contributed by atoms with Gasteiger partial charge in [0.1, 0.15) is 0 Å². The van der Waals surface area contributed by atoms with E-state index in [-0.39, 0.29) is 13.2 Å². The normalized spacial score (nSPS) is 21.9. The van der Waals surface area contributed by atoms with Gasteiger partial charge in [0.05, 0.1) is 19.0 Å². The lowest BCUT2D eigenvalue weighted by Crippen LogP contribution is -2.39. The topological polar surface area (TPSA) is 80.3 Å². The quantitative estimate of drug-likeness (QED) is 0.394. The number of allylic oxidation sites excluding steroid dienone is 1. The maximum Gasteiger partial charge on any atom is 0.714 e. The molecule has 106 valence electrons. The molecule has 0 radical (unpaired) electrons. The highest BCUT2D eigenvalue weighted by Gasteiger charge is 2.52. The molecule has 2 atom stereocenters. The molecule has 0 aliphatic carbocycles. The first-order valence-corrected chi connectivity index (χ1v) is 5.95. The van der Waals surface area contributed by atoms with Crippen LogP contribution in [0.2, 0.25) is 0 Å². The Morgan fingerprint density at radius 1 is 1.11 bits per heavy atom. The van der Waals surface area contributed by atoms with E-state index in [0.717, 1.165) is 0 Å². The van der Waals surface area contributed by atoms with Crippen LogP contribution in [0.1, 0.15) is 20.8 Å². The number of hydrogen-bond donors (Lipinski definition) is 0. The van der Waals surface area contributed by atoms with E-state index in [1.54, 1.807) is 20.8 Å². The third-order valence-corrected chi connectivity index (χ3v) is 2.13. The van der Waals surface area contributed by atoms with Crippen molar-refractivity contribution in [2.45, 2.75) is 33.0 Å². The molecule has 0 aromatic carbocycles. The standard InChI is InChI=1S/C11H17BO7/c1-5-15-10(13)8-9(11(14)16-6-2)19-12(18-8)17-7(3)4/h8-9H,3,5-6H2,1-2,4H3/t8-,9-/m1/s1. The molecule has 0 aromatic heterocycles. The van der Waals surface area contributed by atoms with E-state index in [1.807, 2.05) is 0 Å². The average molecular weight is 272 g/mol. The molecule has 1 heterocycles. The van der Waals surface area contributed by atoms with Gasteiger partial charge in [0.15, 0.2) is 12.2 Å². The Morgan fingerprint density at radius 3 is 1.84 bits per heavy atom. The molecule has 1 aliphatic rings. The van der Waals surface area contributed by atoms with Crippen molar-refractivity contribution in [3.8, 4) is 0 Å². The van der Waals surface area contributed by atoms with Crippen LogP contribution in [0.15, 0.2) is 12.3 Å². The molecule has 0 unspecified atom stereocenters. The molecule has 1 saturated heterocycles. The summed E-state index contributed by atoms with van der Waals surface area (Å²) in [5, 5.41) is 0. The van der Waals surface area contributed by atoms with Crippen molar-refractivity contribution in [3.05, 3.63) is 12.3 Å². The van der Waals surface area contributed by atoms with E-state index < -0.39 is 31.5 Å². The minimum Gasteiger partial charge on any atom is -0.516 e. The first kappa shape index (κ1) is 15.5. The van der Waals surface area contributed by atoms with Crippen LogP contribution in [0.4, 0.5) is 0 Å². The minimum absolute atomic E-state index is 0.167. The minimum atomic E-state index is -1.21. The van der Waals surface area contributed by atoms with Crippen molar-refractivity contribution in [1.82, 2.24) is 0 Å². The van der Waals surface area contributed by atoms with Crippen LogP contribution < -0.4 is 0 Å². The van der Waals surface area contributed by atoms with Gasteiger partial charge in [0.2, 0.25) is 0 Å². The zero-order chi connectivity index (χ0) is 14.4. The van der Waals surface area contributed by atoms with Crippen LogP contribution >= 0.6 is 0 Å². The second-order valence-electron chi connectivity index (χ2n) is 3.73. The van der Waals surface area contributed by atoms with Crippen LogP contribution in [0.3, 0.4) is 0 Å². The first-order chi connectivity index (χ1) is 8.99. The molecule has 0 amide bonds. The van der Waals surface area contributed by atoms with Gasteiger partial charge >= 0.3 is 19.3 Å². The lowest BCUT2D eigenvalue weighted by molar-refractivity contribution is -0.163. The Bertz CT molecular complexity index is 331. The van der Waals surface area contributed by atoms with Gasteiger partial charge < -0.3 is 23.4 Å². The molecule has 8 heteroatoms. The summed E-state index contributed by atoms with van der Waals surface area (Å²) in [4.78, 5) is 23.4. The largest absolute Gasteiger partial charge is 0.714 e. The number of hydrogen-bond acceptors (Lipinski definition) is 7. The van der Waals surface area contributed by atoms with E-state index in [4.69, 9.17) is 23.4 Å². The van der Waals surface area contributed by atoms with E-state index >= 15 is 0 Å². The number of ether oxygens (including phenoxy) is 2. The number of rotatable bonds is 6. The van der Waals surface area contributed by atoms with E-state index in [2.05, 4.69) is 6.58 Å². The van der Waals surface area contributed by atoms with Crippen LogP contribution in [0, 0.1) is 0 Å². The fourth-order valence-electron chi connectivity index (χ4n) is 1.44. The summed E-state index contributed by atoms with van der Waals surface area (Å²) in [6, 6.07) is 0. The Morgan fingerprint density at radius 2 is 1.53 bits per heavy atom. The van der Waals surface area contributed by atoms with Gasteiger partial charge in [0.25, 0.3) is 0 Å². The third-order valence-electron chi connectivity index (χ3n) is 2.13. The second-order valence-corrected chi connectivity index (χ2v) is 3.73. The zero-order valence-corrected chi connectivity index (χ0v) is 11.2. The molecule has 0 bridgehead atoms. The van der Waals surface area contributed by atoms with Crippen LogP contribution in [-0.4, -0.2) is 44.7 Å². The Kier molecular flexibility index (Phi) is 5.84. The molecule has 7 nitrogen and oxygen atoms in total. The maximum atomic E-state index is 11.7. The summed E-state index contributed by atoms with van der Waals surface area (Å²) in [7, 11) is -1.18. The molecule has 0 N–H and O–H groups in total. The van der Waals surface area contributed by atoms with Crippen molar-refractivity contribution in [3.63, 3.8) is 0 Å². The Balaban J connectivity index is 2.74. The van der Waals surface area contributed by atoms with E-state index in [0.29, 0.717) is 5.76 Å². The summed E-state index contributed by atoms with van der Waals surface area (Å²) in [6.07, 6.45) is -2.41. The fraction of sp³-hybridized carbons (Fsp3) is 0.636. The van der Waals surface area contributed by atoms with Crippen molar-refractivity contribution < 1.29 is 33.0 Å². The summed E-state index contributed by atoms with van der Waals surface area (Å²) in [5.41, 5.74) is 0. The Labute approximate surface area is 112 Å². The SMILES string of the molecule is C=C(C)OB1O[C@@H](C(=O)OCC)[C@H](C(=O)OCC)O1. The molecule has 1 rings (SSSR count). The second kappa shape index (κ2) is 7.15. The van der Waals surface area contributed by atoms with Crippen LogP contribution in [-0.2, 0) is 33.0 Å². The lowest BCUT2D eigenvalue weighted by Gasteiger charge is -2.14. The summed E-state index contributed by atoms with van der Waals surface area (Å²) < 4.78 is 25.1. The van der Waals surface area contributed by atoms with Crippen molar-refractivity contribution >= 4 is 19.3 Å². The van der Waals surface area contributed by atoms with Crippen molar-refractivity contribution in [1.29, 1.82) is 0 Å². The molecular formula is C11H17BO7. The van der Waals surface area contributed by atoms with Gasteiger partial charge in [-0.15, -0.1) is 0 Å². The molecular weight excluding hydrogens is 255 g/mol. The highest BCUT2D eigenvalue weighted by Crippen LogP contribution is 2.21. The summed E-state index contributed by atoms with van der Waals surface area (Å²) in [6.45, 7) is 8.73. The smallest absolute Gasteiger partial charge is 0.516 e. The number of carbonyl (C=O) groups is 2.